The second kappa shape index (κ2) is 11.7. The molecule has 0 unspecified atom stereocenters. The van der Waals surface area contributed by atoms with Gasteiger partial charge in [0.2, 0.25) is 12.6 Å². The number of alkyl carbamates (subject to hydrolysis) is 1. The van der Waals surface area contributed by atoms with Gasteiger partial charge >= 0.3 is 24.2 Å². The van der Waals surface area contributed by atoms with Crippen molar-refractivity contribution in [3.05, 3.63) is 5.53 Å². The van der Waals surface area contributed by atoms with Crippen LogP contribution in [0.4, 0.5) is 4.79 Å². The Labute approximate surface area is 145 Å². The van der Waals surface area contributed by atoms with Gasteiger partial charge in [0.25, 0.3) is 0 Å². The Kier molecular flexibility index (Phi) is 10.5. The molecule has 0 aliphatic carbocycles. The lowest BCUT2D eigenvalue weighted by Gasteiger charge is -2.18. The highest BCUT2D eigenvalue weighted by Crippen LogP contribution is 2.04. The van der Waals surface area contributed by atoms with E-state index in [1.165, 1.54) is 0 Å². The second-order valence-electron chi connectivity index (χ2n) is 5.60. The first-order valence-electron chi connectivity index (χ1n) is 7.68. The third-order valence-corrected chi connectivity index (χ3v) is 2.67. The first kappa shape index (κ1) is 22.3. The molecule has 0 aliphatic heterocycles. The number of rotatable bonds is 10. The van der Waals surface area contributed by atoms with Crippen LogP contribution in [0.3, 0.4) is 0 Å². The van der Waals surface area contributed by atoms with Gasteiger partial charge in [0.05, 0.1) is 12.0 Å². The smallest absolute Gasteiger partial charge is 0.410 e. The number of nitrogens with zero attached hydrogens (tertiary/aromatic N) is 2. The third-order valence-electron chi connectivity index (χ3n) is 2.67. The molecule has 0 bridgehead atoms. The third kappa shape index (κ3) is 10.6. The summed E-state index contributed by atoms with van der Waals surface area (Å²) in [5, 5.41) is 2.24. The van der Waals surface area contributed by atoms with Crippen LogP contribution in [0, 0.1) is 5.92 Å². The molecule has 0 rings (SSSR count). The molecule has 0 heterocycles. The lowest BCUT2D eigenvalue weighted by Crippen LogP contribution is -2.43. The van der Waals surface area contributed by atoms with Gasteiger partial charge in [-0.15, -0.1) is 0 Å². The van der Waals surface area contributed by atoms with Gasteiger partial charge in [-0.05, 0) is 20.3 Å². The molecule has 0 aromatic carbocycles. The van der Waals surface area contributed by atoms with Gasteiger partial charge in [0.1, 0.15) is 6.04 Å². The SMILES string of the molecule is CC(C)OC(=O)[C@H](CCC(=O)C=[N+]=[N-])NC(=O)OCOC(=O)C(C)C. The summed E-state index contributed by atoms with van der Waals surface area (Å²) in [6.07, 6.45) is -0.990. The minimum Gasteiger partial charge on any atom is -0.461 e. The summed E-state index contributed by atoms with van der Waals surface area (Å²) in [6.45, 7) is 5.88. The molecule has 1 N–H and O–H groups in total. The number of esters is 2. The summed E-state index contributed by atoms with van der Waals surface area (Å²) in [4.78, 5) is 48.8. The molecule has 0 fully saturated rings. The van der Waals surface area contributed by atoms with Crippen molar-refractivity contribution in [3.8, 4) is 0 Å². The molecule has 1 atom stereocenters. The number of amides is 1. The maximum Gasteiger partial charge on any atom is 0.410 e. The van der Waals surface area contributed by atoms with Crippen molar-refractivity contribution in [1.82, 2.24) is 5.32 Å². The lowest BCUT2D eigenvalue weighted by atomic mass is 10.1. The van der Waals surface area contributed by atoms with E-state index < -0.39 is 42.8 Å². The zero-order valence-electron chi connectivity index (χ0n) is 14.7. The highest BCUT2D eigenvalue weighted by atomic mass is 16.7. The molecule has 1 amide bonds. The number of ether oxygens (including phenoxy) is 3. The standard InChI is InChI=1S/C15H23N3O7/c1-9(2)13(20)23-8-24-15(22)18-12(14(21)25-10(3)4)6-5-11(19)7-17-16/h7,9-10,12H,5-6,8H2,1-4H3,(H,18,22)/t12-/m0/s1. The zero-order valence-corrected chi connectivity index (χ0v) is 14.7. The maximum atomic E-state index is 12.0. The average Bonchev–Trinajstić information content (AvgIpc) is 2.50. The van der Waals surface area contributed by atoms with Crippen molar-refractivity contribution in [3.63, 3.8) is 0 Å². The van der Waals surface area contributed by atoms with Crippen LogP contribution >= 0.6 is 0 Å². The van der Waals surface area contributed by atoms with Crippen LogP contribution in [0.25, 0.3) is 5.53 Å². The highest BCUT2D eigenvalue weighted by Gasteiger charge is 2.25. The van der Waals surface area contributed by atoms with Crippen molar-refractivity contribution < 1.29 is 38.2 Å². The summed E-state index contributed by atoms with van der Waals surface area (Å²) in [7, 11) is 0. The van der Waals surface area contributed by atoms with Crippen molar-refractivity contribution in [1.29, 1.82) is 0 Å². The average molecular weight is 357 g/mol. The largest absolute Gasteiger partial charge is 0.461 e. The molecule has 0 aromatic rings. The van der Waals surface area contributed by atoms with E-state index in [0.29, 0.717) is 6.21 Å². The summed E-state index contributed by atoms with van der Waals surface area (Å²) < 4.78 is 14.3. The van der Waals surface area contributed by atoms with E-state index in [0.717, 1.165) is 0 Å². The molecule has 0 aliphatic rings. The van der Waals surface area contributed by atoms with Gasteiger partial charge in [-0.25, -0.2) is 9.59 Å². The molecule has 0 saturated carbocycles. The number of hydrogen-bond donors (Lipinski definition) is 1. The normalized spacial score (nSPS) is 11.3. The number of carbonyl (C=O) groups is 4. The van der Waals surface area contributed by atoms with Gasteiger partial charge in [-0.3, -0.25) is 9.59 Å². The Balaban J connectivity index is 4.61. The first-order valence-corrected chi connectivity index (χ1v) is 7.68. The van der Waals surface area contributed by atoms with Crippen LogP contribution in [0.2, 0.25) is 0 Å². The van der Waals surface area contributed by atoms with Crippen molar-refractivity contribution in [2.24, 2.45) is 5.92 Å². The minimum absolute atomic E-state index is 0.0860. The van der Waals surface area contributed by atoms with E-state index >= 15 is 0 Å². The number of Topliss-reactive ketones (excluding diaryl/α,β-unsaturated/α-hetero) is 1. The number of carbonyl (C=O) groups excluding carboxylic acids is 4. The summed E-state index contributed by atoms with van der Waals surface area (Å²) >= 11 is 0. The topological polar surface area (TPSA) is 144 Å². The van der Waals surface area contributed by atoms with Crippen molar-refractivity contribution in [2.45, 2.75) is 52.7 Å². The Morgan fingerprint density at radius 3 is 2.24 bits per heavy atom. The van der Waals surface area contributed by atoms with E-state index in [-0.39, 0.29) is 18.8 Å². The summed E-state index contributed by atoms with van der Waals surface area (Å²) in [5.74, 6) is -2.21. The van der Waals surface area contributed by atoms with Gasteiger partial charge in [0, 0.05) is 6.42 Å². The zero-order chi connectivity index (χ0) is 19.4. The molecule has 0 aromatic heterocycles. The van der Waals surface area contributed by atoms with Crippen LogP contribution in [-0.4, -0.2) is 53.8 Å². The predicted octanol–water partition coefficient (Wildman–Crippen LogP) is 0.839. The first-order chi connectivity index (χ1) is 11.7. The van der Waals surface area contributed by atoms with E-state index in [2.05, 4.69) is 19.6 Å². The fourth-order valence-corrected chi connectivity index (χ4v) is 1.47. The highest BCUT2D eigenvalue weighted by molar-refractivity contribution is 6.25. The molecule has 140 valence electrons. The minimum atomic E-state index is -1.15. The van der Waals surface area contributed by atoms with Crippen LogP contribution in [-0.2, 0) is 28.6 Å². The number of ketones is 1. The van der Waals surface area contributed by atoms with Gasteiger partial charge in [-0.2, -0.15) is 4.79 Å². The van der Waals surface area contributed by atoms with E-state index in [4.69, 9.17) is 10.3 Å². The van der Waals surface area contributed by atoms with Crippen LogP contribution in [0.15, 0.2) is 0 Å². The van der Waals surface area contributed by atoms with Gasteiger partial charge < -0.3 is 25.1 Å². The number of hydrogen-bond acceptors (Lipinski definition) is 7. The van der Waals surface area contributed by atoms with E-state index in [1.54, 1.807) is 27.7 Å². The Morgan fingerprint density at radius 2 is 1.72 bits per heavy atom. The molecule has 25 heavy (non-hydrogen) atoms. The molecule has 10 heteroatoms. The van der Waals surface area contributed by atoms with Crippen LogP contribution < -0.4 is 5.32 Å². The molecule has 0 spiro atoms. The summed E-state index contributed by atoms with van der Waals surface area (Å²) in [6, 6.07) is -1.15. The maximum absolute atomic E-state index is 12.0. The molecular formula is C15H23N3O7. The quantitative estimate of drug-likeness (QED) is 0.200. The predicted molar refractivity (Wildman–Crippen MR) is 84.4 cm³/mol. The van der Waals surface area contributed by atoms with Crippen LogP contribution in [0.1, 0.15) is 40.5 Å². The molecule has 10 nitrogen and oxygen atoms in total. The second-order valence-corrected chi connectivity index (χ2v) is 5.60. The molecule has 0 radical (unpaired) electrons. The summed E-state index contributed by atoms with van der Waals surface area (Å²) in [5.41, 5.74) is 8.28. The van der Waals surface area contributed by atoms with Gasteiger partial charge in [0.15, 0.2) is 0 Å². The van der Waals surface area contributed by atoms with Crippen molar-refractivity contribution >= 4 is 30.0 Å². The van der Waals surface area contributed by atoms with E-state index in [1.807, 2.05) is 0 Å². The Morgan fingerprint density at radius 1 is 1.08 bits per heavy atom. The lowest BCUT2D eigenvalue weighted by molar-refractivity contribution is -0.156. The van der Waals surface area contributed by atoms with Gasteiger partial charge in [-0.1, -0.05) is 13.8 Å². The fraction of sp³-hybridized carbons (Fsp3) is 0.667. The monoisotopic (exact) mass is 357 g/mol. The molecular weight excluding hydrogens is 334 g/mol. The number of nitrogens with one attached hydrogen (secondary N) is 1. The van der Waals surface area contributed by atoms with Crippen LogP contribution in [0.5, 0.6) is 0 Å². The fourth-order valence-electron chi connectivity index (χ4n) is 1.47. The Bertz CT molecular complexity index is 539. The van der Waals surface area contributed by atoms with Crippen molar-refractivity contribution in [2.75, 3.05) is 6.79 Å². The molecule has 0 saturated heterocycles. The van der Waals surface area contributed by atoms with E-state index in [9.17, 15) is 19.2 Å². The Hall–Kier alpha value is -2.74.